The van der Waals surface area contributed by atoms with Crippen LogP contribution in [0.15, 0.2) is 18.2 Å². The van der Waals surface area contributed by atoms with Crippen LogP contribution in [0.25, 0.3) is 0 Å². The maximum Gasteiger partial charge on any atom is 0.0914 e. The van der Waals surface area contributed by atoms with E-state index in [1.54, 1.807) is 0 Å². The summed E-state index contributed by atoms with van der Waals surface area (Å²) < 4.78 is 0. The van der Waals surface area contributed by atoms with Gasteiger partial charge < -0.3 is 10.4 Å². The molecular weight excluding hydrogens is 222 g/mol. The van der Waals surface area contributed by atoms with Crippen molar-refractivity contribution in [2.24, 2.45) is 0 Å². The highest BCUT2D eigenvalue weighted by Crippen LogP contribution is 2.24. The zero-order valence-corrected chi connectivity index (χ0v) is 11.6. The molecule has 0 saturated carbocycles. The van der Waals surface area contributed by atoms with Crippen molar-refractivity contribution in [3.05, 3.63) is 34.9 Å². The van der Waals surface area contributed by atoms with E-state index in [4.69, 9.17) is 0 Å². The standard InChI is InChI=1S/C16H25NO/c1-3-12(2)17-11-16(18)15-9-8-13-6-4-5-7-14(13)10-15/h8-10,12,16-18H,3-7,11H2,1-2H3/t12-,16+/m1/s1. The monoisotopic (exact) mass is 247 g/mol. The van der Waals surface area contributed by atoms with Crippen molar-refractivity contribution in [2.75, 3.05) is 6.54 Å². The fourth-order valence-corrected chi connectivity index (χ4v) is 2.54. The topological polar surface area (TPSA) is 32.3 Å². The number of hydrogen-bond donors (Lipinski definition) is 2. The van der Waals surface area contributed by atoms with Gasteiger partial charge in [0.2, 0.25) is 0 Å². The van der Waals surface area contributed by atoms with Gasteiger partial charge in [-0.1, -0.05) is 25.1 Å². The molecule has 2 N–H and O–H groups in total. The van der Waals surface area contributed by atoms with Crippen LogP contribution in [0, 0.1) is 0 Å². The van der Waals surface area contributed by atoms with E-state index in [-0.39, 0.29) is 6.10 Å². The summed E-state index contributed by atoms with van der Waals surface area (Å²) in [6.45, 7) is 4.95. The SMILES string of the molecule is CC[C@@H](C)NC[C@H](O)c1ccc2c(c1)CCCC2. The van der Waals surface area contributed by atoms with Crippen LogP contribution in [0.1, 0.15) is 55.9 Å². The molecule has 0 amide bonds. The summed E-state index contributed by atoms with van der Waals surface area (Å²) >= 11 is 0. The lowest BCUT2D eigenvalue weighted by molar-refractivity contribution is 0.170. The second kappa shape index (κ2) is 6.35. The first-order valence-corrected chi connectivity index (χ1v) is 7.24. The van der Waals surface area contributed by atoms with E-state index in [0.717, 1.165) is 12.0 Å². The van der Waals surface area contributed by atoms with Gasteiger partial charge in [-0.05, 0) is 55.7 Å². The van der Waals surface area contributed by atoms with Crippen molar-refractivity contribution in [1.82, 2.24) is 5.32 Å². The molecule has 100 valence electrons. The number of benzene rings is 1. The molecule has 0 aromatic heterocycles. The summed E-state index contributed by atoms with van der Waals surface area (Å²) in [6.07, 6.45) is 5.69. The Morgan fingerprint density at radius 3 is 2.67 bits per heavy atom. The molecule has 18 heavy (non-hydrogen) atoms. The van der Waals surface area contributed by atoms with Gasteiger partial charge in [-0.25, -0.2) is 0 Å². The van der Waals surface area contributed by atoms with Crippen molar-refractivity contribution >= 4 is 0 Å². The number of fused-ring (bicyclic) bond motifs is 1. The second-order valence-corrected chi connectivity index (χ2v) is 5.47. The van der Waals surface area contributed by atoms with Gasteiger partial charge in [0.05, 0.1) is 6.10 Å². The molecule has 2 atom stereocenters. The van der Waals surface area contributed by atoms with Gasteiger partial charge in [0.15, 0.2) is 0 Å². The lowest BCUT2D eigenvalue weighted by Crippen LogP contribution is -2.29. The summed E-state index contributed by atoms with van der Waals surface area (Å²) in [4.78, 5) is 0. The summed E-state index contributed by atoms with van der Waals surface area (Å²) in [5.74, 6) is 0. The first-order valence-electron chi connectivity index (χ1n) is 7.24. The van der Waals surface area contributed by atoms with Crippen LogP contribution < -0.4 is 5.32 Å². The van der Waals surface area contributed by atoms with E-state index in [0.29, 0.717) is 12.6 Å². The van der Waals surface area contributed by atoms with E-state index in [2.05, 4.69) is 37.4 Å². The largest absolute Gasteiger partial charge is 0.387 e. The van der Waals surface area contributed by atoms with E-state index in [1.165, 1.54) is 36.8 Å². The highest BCUT2D eigenvalue weighted by Gasteiger charge is 2.13. The molecular formula is C16H25NO. The molecule has 0 saturated heterocycles. The Morgan fingerprint density at radius 2 is 1.94 bits per heavy atom. The molecule has 0 radical (unpaired) electrons. The fraction of sp³-hybridized carbons (Fsp3) is 0.625. The Balaban J connectivity index is 1.99. The molecule has 0 unspecified atom stereocenters. The van der Waals surface area contributed by atoms with Crippen molar-refractivity contribution < 1.29 is 5.11 Å². The van der Waals surface area contributed by atoms with E-state index < -0.39 is 0 Å². The van der Waals surface area contributed by atoms with Crippen LogP contribution in [-0.4, -0.2) is 17.7 Å². The van der Waals surface area contributed by atoms with Crippen LogP contribution in [0.4, 0.5) is 0 Å². The Kier molecular flexibility index (Phi) is 4.79. The molecule has 1 aromatic carbocycles. The van der Waals surface area contributed by atoms with Crippen LogP contribution in [0.2, 0.25) is 0 Å². The zero-order chi connectivity index (χ0) is 13.0. The molecule has 0 fully saturated rings. The Labute approximate surface area is 110 Å². The summed E-state index contributed by atoms with van der Waals surface area (Å²) in [5, 5.41) is 13.6. The molecule has 1 aliphatic rings. The van der Waals surface area contributed by atoms with E-state index in [9.17, 15) is 5.11 Å². The van der Waals surface area contributed by atoms with Gasteiger partial charge in [0.25, 0.3) is 0 Å². The smallest absolute Gasteiger partial charge is 0.0914 e. The molecule has 2 rings (SSSR count). The van der Waals surface area contributed by atoms with Gasteiger partial charge in [-0.15, -0.1) is 0 Å². The lowest BCUT2D eigenvalue weighted by Gasteiger charge is -2.20. The number of aliphatic hydroxyl groups excluding tert-OH is 1. The van der Waals surface area contributed by atoms with Crippen LogP contribution in [0.3, 0.4) is 0 Å². The molecule has 2 heteroatoms. The van der Waals surface area contributed by atoms with Crippen molar-refractivity contribution in [3.8, 4) is 0 Å². The first kappa shape index (κ1) is 13.6. The Hall–Kier alpha value is -0.860. The van der Waals surface area contributed by atoms with Crippen molar-refractivity contribution in [2.45, 2.75) is 58.1 Å². The Morgan fingerprint density at radius 1 is 1.22 bits per heavy atom. The fourth-order valence-electron chi connectivity index (χ4n) is 2.54. The third-order valence-corrected chi connectivity index (χ3v) is 4.03. The van der Waals surface area contributed by atoms with Crippen LogP contribution in [-0.2, 0) is 12.8 Å². The third-order valence-electron chi connectivity index (χ3n) is 4.03. The predicted molar refractivity (Wildman–Crippen MR) is 75.8 cm³/mol. The number of nitrogens with one attached hydrogen (secondary N) is 1. The molecule has 1 aliphatic carbocycles. The number of aliphatic hydroxyl groups is 1. The average Bonchev–Trinajstić information content (AvgIpc) is 2.43. The molecule has 0 aliphatic heterocycles. The van der Waals surface area contributed by atoms with Crippen molar-refractivity contribution in [1.29, 1.82) is 0 Å². The first-order chi connectivity index (χ1) is 8.70. The maximum atomic E-state index is 10.2. The van der Waals surface area contributed by atoms with Gasteiger partial charge in [-0.3, -0.25) is 0 Å². The van der Waals surface area contributed by atoms with E-state index >= 15 is 0 Å². The van der Waals surface area contributed by atoms with Crippen molar-refractivity contribution in [3.63, 3.8) is 0 Å². The summed E-state index contributed by atoms with van der Waals surface area (Å²) in [5.41, 5.74) is 3.99. The minimum atomic E-state index is -0.383. The van der Waals surface area contributed by atoms with E-state index in [1.807, 2.05) is 0 Å². The molecule has 2 nitrogen and oxygen atoms in total. The number of rotatable bonds is 5. The zero-order valence-electron chi connectivity index (χ0n) is 11.6. The number of aryl methyl sites for hydroxylation is 2. The number of hydrogen-bond acceptors (Lipinski definition) is 2. The van der Waals surface area contributed by atoms with Gasteiger partial charge in [-0.2, -0.15) is 0 Å². The highest BCUT2D eigenvalue weighted by molar-refractivity contribution is 5.34. The third kappa shape index (κ3) is 3.33. The minimum absolute atomic E-state index is 0.383. The highest BCUT2D eigenvalue weighted by atomic mass is 16.3. The maximum absolute atomic E-state index is 10.2. The van der Waals surface area contributed by atoms with Gasteiger partial charge in [0, 0.05) is 12.6 Å². The average molecular weight is 247 g/mol. The predicted octanol–water partition coefficient (Wildman–Crippen LogP) is 2.99. The molecule has 1 aromatic rings. The van der Waals surface area contributed by atoms with Gasteiger partial charge in [0.1, 0.15) is 0 Å². The Bertz CT molecular complexity index is 389. The van der Waals surface area contributed by atoms with Gasteiger partial charge >= 0.3 is 0 Å². The quantitative estimate of drug-likeness (QED) is 0.838. The second-order valence-electron chi connectivity index (χ2n) is 5.47. The minimum Gasteiger partial charge on any atom is -0.387 e. The molecule has 0 heterocycles. The molecule has 0 spiro atoms. The van der Waals surface area contributed by atoms with Crippen LogP contribution in [0.5, 0.6) is 0 Å². The lowest BCUT2D eigenvalue weighted by atomic mass is 9.89. The normalized spacial score (nSPS) is 18.2. The summed E-state index contributed by atoms with van der Waals surface area (Å²) in [6, 6.07) is 6.97. The molecule has 0 bridgehead atoms. The summed E-state index contributed by atoms with van der Waals surface area (Å²) in [7, 11) is 0. The van der Waals surface area contributed by atoms with Crippen LogP contribution >= 0.6 is 0 Å².